The monoisotopic (exact) mass is 342 g/mol. The second-order valence-electron chi connectivity index (χ2n) is 4.46. The summed E-state index contributed by atoms with van der Waals surface area (Å²) >= 11 is 13.8. The second-order valence-corrected chi connectivity index (χ2v) is 6.12. The van der Waals surface area contributed by atoms with Gasteiger partial charge in [-0.2, -0.15) is 0 Å². The van der Waals surface area contributed by atoms with Gasteiger partial charge in [0.2, 0.25) is 5.88 Å². The molecule has 0 atom stereocenters. The molecule has 2 aromatic heterocycles. The Balaban J connectivity index is 2.24. The van der Waals surface area contributed by atoms with Crippen LogP contribution >= 0.6 is 34.5 Å². The van der Waals surface area contributed by atoms with E-state index in [9.17, 15) is 4.39 Å². The summed E-state index contributed by atoms with van der Waals surface area (Å²) in [5.41, 5.74) is 8.36. The number of nitrogens with zero attached hydrogens (tertiary/aromatic N) is 1. The topological polar surface area (TPSA) is 52.0 Å². The first-order valence-corrected chi connectivity index (χ1v) is 7.57. The lowest BCUT2D eigenvalue weighted by Crippen LogP contribution is -1.89. The number of aryl methyl sites for hydroxylation is 1. The van der Waals surface area contributed by atoms with Crippen LogP contribution in [0.15, 0.2) is 28.1 Å². The second kappa shape index (κ2) is 5.33. The molecule has 0 spiro atoms. The zero-order valence-corrected chi connectivity index (χ0v) is 13.1. The van der Waals surface area contributed by atoms with Gasteiger partial charge in [-0.25, -0.2) is 4.39 Å². The summed E-state index contributed by atoms with van der Waals surface area (Å²) in [5.74, 6) is -0.314. The first kappa shape index (κ1) is 14.4. The van der Waals surface area contributed by atoms with Crippen molar-refractivity contribution in [2.75, 3.05) is 5.73 Å². The molecule has 2 heterocycles. The number of anilines is 1. The quantitative estimate of drug-likeness (QED) is 0.677. The predicted octanol–water partition coefficient (Wildman–Crippen LogP) is 5.41. The fraction of sp³-hybridized carbons (Fsp3) is 0.0714. The van der Waals surface area contributed by atoms with Gasteiger partial charge in [-0.1, -0.05) is 28.4 Å². The fourth-order valence-corrected chi connectivity index (χ4v) is 3.53. The number of hydrogen-bond acceptors (Lipinski definition) is 4. The molecule has 0 saturated carbocycles. The van der Waals surface area contributed by atoms with Gasteiger partial charge in [0.05, 0.1) is 20.5 Å². The maximum absolute atomic E-state index is 13.2. The number of hydrogen-bond donors (Lipinski definition) is 1. The van der Waals surface area contributed by atoms with Crippen molar-refractivity contribution in [2.24, 2.45) is 0 Å². The van der Waals surface area contributed by atoms with E-state index in [0.717, 1.165) is 10.4 Å². The highest BCUT2D eigenvalue weighted by atomic mass is 35.5. The van der Waals surface area contributed by atoms with E-state index in [-0.39, 0.29) is 10.9 Å². The minimum atomic E-state index is -0.426. The first-order chi connectivity index (χ1) is 9.99. The minimum absolute atomic E-state index is 0.112. The summed E-state index contributed by atoms with van der Waals surface area (Å²) in [7, 11) is 0. The Kier molecular flexibility index (Phi) is 3.65. The molecule has 108 valence electrons. The lowest BCUT2D eigenvalue weighted by Gasteiger charge is -2.04. The highest BCUT2D eigenvalue weighted by Gasteiger charge is 2.23. The van der Waals surface area contributed by atoms with Crippen molar-refractivity contribution in [1.29, 1.82) is 0 Å². The summed E-state index contributed by atoms with van der Waals surface area (Å²) in [6.07, 6.45) is 0. The van der Waals surface area contributed by atoms with E-state index >= 15 is 0 Å². The van der Waals surface area contributed by atoms with Crippen molar-refractivity contribution >= 4 is 40.4 Å². The largest absolute Gasteiger partial charge is 0.367 e. The van der Waals surface area contributed by atoms with E-state index in [1.54, 1.807) is 6.07 Å². The van der Waals surface area contributed by atoms with Gasteiger partial charge in [0, 0.05) is 5.56 Å². The smallest absolute Gasteiger partial charge is 0.230 e. The number of nitrogen functional groups attached to an aromatic ring is 1. The summed E-state index contributed by atoms with van der Waals surface area (Å²) in [6, 6.07) is 4.06. The number of thiophene rings is 1. The average molecular weight is 343 g/mol. The molecule has 0 amide bonds. The molecule has 7 heteroatoms. The Morgan fingerprint density at radius 3 is 2.71 bits per heavy atom. The van der Waals surface area contributed by atoms with E-state index in [0.29, 0.717) is 21.8 Å². The summed E-state index contributed by atoms with van der Waals surface area (Å²) in [4.78, 5) is 0.741. The van der Waals surface area contributed by atoms with Crippen LogP contribution < -0.4 is 5.73 Å². The Morgan fingerprint density at radius 1 is 1.33 bits per heavy atom. The molecule has 1 aromatic carbocycles. The van der Waals surface area contributed by atoms with Gasteiger partial charge in [-0.05, 0) is 36.1 Å². The Bertz CT molecular complexity index is 828. The maximum atomic E-state index is 13.2. The third kappa shape index (κ3) is 2.41. The van der Waals surface area contributed by atoms with Crippen LogP contribution in [-0.4, -0.2) is 5.16 Å². The van der Waals surface area contributed by atoms with Crippen LogP contribution in [0.2, 0.25) is 10.0 Å². The standard InChI is InChI=1S/C14H9Cl2FN2OS/c1-6-5-21-13(11(6)16)12-10(14(18)20-19-12)8-3-2-7(17)4-9(8)15/h2-5H,18H2,1H3. The van der Waals surface area contributed by atoms with E-state index in [1.807, 2.05) is 12.3 Å². The normalized spacial score (nSPS) is 11.0. The Labute approximate surface area is 134 Å². The minimum Gasteiger partial charge on any atom is -0.367 e. The number of benzene rings is 1. The Morgan fingerprint density at radius 2 is 2.10 bits per heavy atom. The number of halogens is 3. The molecule has 0 saturated heterocycles. The lowest BCUT2D eigenvalue weighted by atomic mass is 10.0. The number of rotatable bonds is 2. The van der Waals surface area contributed by atoms with Gasteiger partial charge in [-0.15, -0.1) is 11.3 Å². The van der Waals surface area contributed by atoms with Crippen molar-refractivity contribution in [2.45, 2.75) is 6.92 Å². The molecule has 0 unspecified atom stereocenters. The van der Waals surface area contributed by atoms with Crippen LogP contribution in [0, 0.1) is 12.7 Å². The van der Waals surface area contributed by atoms with Crippen molar-refractivity contribution in [3.05, 3.63) is 45.0 Å². The number of aromatic nitrogens is 1. The molecule has 2 N–H and O–H groups in total. The van der Waals surface area contributed by atoms with Gasteiger partial charge in [0.1, 0.15) is 11.5 Å². The molecule has 3 rings (SSSR count). The third-order valence-corrected chi connectivity index (χ3v) is 5.05. The van der Waals surface area contributed by atoms with Crippen LogP contribution in [0.5, 0.6) is 0 Å². The molecular formula is C14H9Cl2FN2OS. The molecule has 0 aliphatic rings. The molecule has 0 radical (unpaired) electrons. The SMILES string of the molecule is Cc1csc(-c2noc(N)c2-c2ccc(F)cc2Cl)c1Cl. The van der Waals surface area contributed by atoms with Crippen molar-refractivity contribution in [1.82, 2.24) is 5.16 Å². The van der Waals surface area contributed by atoms with Crippen molar-refractivity contribution in [3.8, 4) is 21.7 Å². The molecule has 21 heavy (non-hydrogen) atoms. The van der Waals surface area contributed by atoms with Gasteiger partial charge in [0.25, 0.3) is 0 Å². The third-order valence-electron chi connectivity index (χ3n) is 3.03. The van der Waals surface area contributed by atoms with Crippen LogP contribution in [0.1, 0.15) is 5.56 Å². The first-order valence-electron chi connectivity index (χ1n) is 5.93. The van der Waals surface area contributed by atoms with Crippen LogP contribution in [0.25, 0.3) is 21.7 Å². The van der Waals surface area contributed by atoms with Crippen LogP contribution in [0.3, 0.4) is 0 Å². The van der Waals surface area contributed by atoms with Gasteiger partial charge < -0.3 is 10.3 Å². The van der Waals surface area contributed by atoms with Crippen molar-refractivity contribution < 1.29 is 8.91 Å². The molecule has 3 aromatic rings. The van der Waals surface area contributed by atoms with Crippen molar-refractivity contribution in [3.63, 3.8) is 0 Å². The number of nitrogens with two attached hydrogens (primary N) is 1. The van der Waals surface area contributed by atoms with E-state index in [2.05, 4.69) is 5.16 Å². The van der Waals surface area contributed by atoms with E-state index in [1.165, 1.54) is 23.5 Å². The zero-order chi connectivity index (χ0) is 15.1. The van der Waals surface area contributed by atoms with E-state index < -0.39 is 5.82 Å². The van der Waals surface area contributed by atoms with Crippen LogP contribution in [-0.2, 0) is 0 Å². The van der Waals surface area contributed by atoms with E-state index in [4.69, 9.17) is 33.5 Å². The molecule has 0 aliphatic heterocycles. The highest BCUT2D eigenvalue weighted by molar-refractivity contribution is 7.14. The van der Waals surface area contributed by atoms with Crippen LogP contribution in [0.4, 0.5) is 10.3 Å². The summed E-state index contributed by atoms with van der Waals surface area (Å²) in [6.45, 7) is 1.90. The van der Waals surface area contributed by atoms with Gasteiger partial charge in [-0.3, -0.25) is 0 Å². The molecule has 3 nitrogen and oxygen atoms in total. The highest BCUT2D eigenvalue weighted by Crippen LogP contribution is 2.44. The maximum Gasteiger partial charge on any atom is 0.230 e. The predicted molar refractivity (Wildman–Crippen MR) is 84.4 cm³/mol. The average Bonchev–Trinajstić information content (AvgIpc) is 2.95. The molecular weight excluding hydrogens is 334 g/mol. The lowest BCUT2D eigenvalue weighted by molar-refractivity contribution is 0.439. The fourth-order valence-electron chi connectivity index (χ4n) is 2.00. The summed E-state index contributed by atoms with van der Waals surface area (Å²) in [5, 5.41) is 6.71. The molecule has 0 bridgehead atoms. The Hall–Kier alpha value is -1.56. The van der Waals surface area contributed by atoms with Gasteiger partial charge in [0.15, 0.2) is 0 Å². The van der Waals surface area contributed by atoms with Gasteiger partial charge >= 0.3 is 0 Å². The summed E-state index contributed by atoms with van der Waals surface area (Å²) < 4.78 is 18.3. The zero-order valence-electron chi connectivity index (χ0n) is 10.8. The molecule has 0 fully saturated rings. The molecule has 0 aliphatic carbocycles.